The van der Waals surface area contributed by atoms with Gasteiger partial charge in [-0.15, -0.1) is 0 Å². The van der Waals surface area contributed by atoms with Crippen LogP contribution in [-0.4, -0.2) is 29.6 Å². The Morgan fingerprint density at radius 1 is 1.43 bits per heavy atom. The van der Waals surface area contributed by atoms with Gasteiger partial charge >= 0.3 is 6.18 Å². The SMILES string of the molecule is CO.NCCC(=O)Nc1ccc([N+](=O)[O-])c(C(F)(F)F)c1. The number of nitrogens with two attached hydrogens (primary N) is 1. The Labute approximate surface area is 117 Å². The molecule has 0 saturated heterocycles. The topological polar surface area (TPSA) is 118 Å². The van der Waals surface area contributed by atoms with Gasteiger partial charge in [0.1, 0.15) is 5.56 Å². The molecule has 0 unspecified atom stereocenters. The summed E-state index contributed by atoms with van der Waals surface area (Å²) in [6.45, 7) is 0.0466. The second kappa shape index (κ2) is 8.17. The molecular weight excluding hydrogens is 295 g/mol. The number of nitro groups is 1. The average molecular weight is 309 g/mol. The maximum atomic E-state index is 12.6. The summed E-state index contributed by atoms with van der Waals surface area (Å²) in [7, 11) is 1.00. The molecule has 7 nitrogen and oxygen atoms in total. The Hall–Kier alpha value is -2.20. The monoisotopic (exact) mass is 309 g/mol. The van der Waals surface area contributed by atoms with Crippen molar-refractivity contribution in [2.75, 3.05) is 19.0 Å². The molecule has 118 valence electrons. The summed E-state index contributed by atoms with van der Waals surface area (Å²) in [5.41, 5.74) is 2.47. The van der Waals surface area contributed by atoms with Crippen LogP contribution in [0.15, 0.2) is 18.2 Å². The van der Waals surface area contributed by atoms with Crippen LogP contribution in [-0.2, 0) is 11.0 Å². The largest absolute Gasteiger partial charge is 0.423 e. The number of halogens is 3. The molecule has 21 heavy (non-hydrogen) atoms. The molecule has 0 aliphatic carbocycles. The number of aliphatic hydroxyl groups excluding tert-OH is 1. The van der Waals surface area contributed by atoms with E-state index in [0.717, 1.165) is 13.2 Å². The minimum absolute atomic E-state index is 0.0466. The summed E-state index contributed by atoms with van der Waals surface area (Å²) in [4.78, 5) is 20.6. The summed E-state index contributed by atoms with van der Waals surface area (Å²) < 4.78 is 37.9. The molecule has 1 aromatic carbocycles. The zero-order valence-corrected chi connectivity index (χ0v) is 11.0. The number of nitrogens with one attached hydrogen (secondary N) is 1. The fraction of sp³-hybridized carbons (Fsp3) is 0.364. The maximum absolute atomic E-state index is 12.6. The quantitative estimate of drug-likeness (QED) is 0.575. The van der Waals surface area contributed by atoms with Gasteiger partial charge in [0.15, 0.2) is 0 Å². The highest BCUT2D eigenvalue weighted by molar-refractivity contribution is 5.91. The van der Waals surface area contributed by atoms with Crippen LogP contribution in [0.1, 0.15) is 12.0 Å². The van der Waals surface area contributed by atoms with Crippen molar-refractivity contribution >= 4 is 17.3 Å². The number of rotatable bonds is 4. The molecule has 0 aliphatic rings. The number of benzene rings is 1. The second-order valence-electron chi connectivity index (χ2n) is 3.57. The van der Waals surface area contributed by atoms with Crippen molar-refractivity contribution in [1.29, 1.82) is 0 Å². The van der Waals surface area contributed by atoms with Crippen LogP contribution in [0.3, 0.4) is 0 Å². The van der Waals surface area contributed by atoms with Crippen molar-refractivity contribution in [3.05, 3.63) is 33.9 Å². The van der Waals surface area contributed by atoms with Crippen molar-refractivity contribution in [2.24, 2.45) is 5.73 Å². The van der Waals surface area contributed by atoms with Gasteiger partial charge in [0, 0.05) is 31.8 Å². The molecule has 0 aromatic heterocycles. The van der Waals surface area contributed by atoms with Crippen molar-refractivity contribution < 1.29 is 28.0 Å². The van der Waals surface area contributed by atoms with Crippen LogP contribution >= 0.6 is 0 Å². The number of aliphatic hydroxyl groups is 1. The summed E-state index contributed by atoms with van der Waals surface area (Å²) in [6.07, 6.45) is -4.94. The van der Waals surface area contributed by atoms with Gasteiger partial charge in [-0.2, -0.15) is 13.2 Å². The Balaban J connectivity index is 0.00000191. The summed E-state index contributed by atoms with van der Waals surface area (Å²) in [5, 5.41) is 19.7. The molecule has 0 radical (unpaired) electrons. The predicted octanol–water partition coefficient (Wildman–Crippen LogP) is 1.51. The molecule has 1 aromatic rings. The lowest BCUT2D eigenvalue weighted by atomic mass is 10.1. The number of carbonyl (C=O) groups excluding carboxylic acids is 1. The van der Waals surface area contributed by atoms with Crippen molar-refractivity contribution in [1.82, 2.24) is 0 Å². The van der Waals surface area contributed by atoms with E-state index >= 15 is 0 Å². The number of carbonyl (C=O) groups is 1. The standard InChI is InChI=1S/C10H10F3N3O3.CH4O/c11-10(12,13)7-5-6(15-9(17)3-4-14)1-2-8(7)16(18)19;1-2/h1-2,5H,3-4,14H2,(H,15,17);2H,1H3. The first-order chi connectivity index (χ1) is 9.75. The Morgan fingerprint density at radius 2 is 2.00 bits per heavy atom. The molecule has 0 bridgehead atoms. The summed E-state index contributed by atoms with van der Waals surface area (Å²) in [6, 6.07) is 2.25. The van der Waals surface area contributed by atoms with Crippen LogP contribution in [0, 0.1) is 10.1 Å². The van der Waals surface area contributed by atoms with Gasteiger partial charge in [-0.3, -0.25) is 14.9 Å². The van der Waals surface area contributed by atoms with Gasteiger partial charge in [0.2, 0.25) is 5.91 Å². The Kier molecular flexibility index (Phi) is 7.31. The third-order valence-corrected chi connectivity index (χ3v) is 2.15. The zero-order chi connectivity index (χ0) is 16.6. The number of anilines is 1. The van der Waals surface area contributed by atoms with Gasteiger partial charge in [-0.1, -0.05) is 0 Å². The zero-order valence-electron chi connectivity index (χ0n) is 11.0. The number of hydrogen-bond donors (Lipinski definition) is 3. The van der Waals surface area contributed by atoms with Crippen molar-refractivity contribution in [2.45, 2.75) is 12.6 Å². The number of nitro benzene ring substituents is 1. The molecule has 0 heterocycles. The van der Waals surface area contributed by atoms with Gasteiger partial charge in [0.25, 0.3) is 5.69 Å². The minimum atomic E-state index is -4.88. The first kappa shape index (κ1) is 18.8. The lowest BCUT2D eigenvalue weighted by Gasteiger charge is -2.10. The lowest BCUT2D eigenvalue weighted by Crippen LogP contribution is -2.17. The van der Waals surface area contributed by atoms with E-state index in [0.29, 0.717) is 12.1 Å². The Morgan fingerprint density at radius 3 is 2.43 bits per heavy atom. The van der Waals surface area contributed by atoms with E-state index in [1.54, 1.807) is 0 Å². The molecule has 0 spiro atoms. The van der Waals surface area contributed by atoms with Gasteiger partial charge in [-0.05, 0) is 12.1 Å². The smallest absolute Gasteiger partial charge is 0.400 e. The van der Waals surface area contributed by atoms with Crippen LogP contribution < -0.4 is 11.1 Å². The van der Waals surface area contributed by atoms with E-state index < -0.39 is 28.3 Å². The molecule has 0 fully saturated rings. The van der Waals surface area contributed by atoms with Crippen molar-refractivity contribution in [3.8, 4) is 0 Å². The van der Waals surface area contributed by atoms with Gasteiger partial charge in [0.05, 0.1) is 4.92 Å². The van der Waals surface area contributed by atoms with Crippen LogP contribution in [0.2, 0.25) is 0 Å². The van der Waals surface area contributed by atoms with Crippen LogP contribution in [0.4, 0.5) is 24.5 Å². The normalized spacial score (nSPS) is 10.4. The predicted molar refractivity (Wildman–Crippen MR) is 68.5 cm³/mol. The molecule has 10 heteroatoms. The fourth-order valence-corrected chi connectivity index (χ4v) is 1.35. The highest BCUT2D eigenvalue weighted by Gasteiger charge is 2.38. The molecule has 4 N–H and O–H groups in total. The fourth-order valence-electron chi connectivity index (χ4n) is 1.35. The van der Waals surface area contributed by atoms with Gasteiger partial charge in [-0.25, -0.2) is 0 Å². The molecule has 1 rings (SSSR count). The first-order valence-corrected chi connectivity index (χ1v) is 5.56. The molecular formula is C11H14F3N3O4. The van der Waals surface area contributed by atoms with E-state index in [9.17, 15) is 28.1 Å². The van der Waals surface area contributed by atoms with Crippen LogP contribution in [0.5, 0.6) is 0 Å². The highest BCUT2D eigenvalue weighted by Crippen LogP contribution is 2.37. The first-order valence-electron chi connectivity index (χ1n) is 5.56. The number of amides is 1. The molecule has 0 aliphatic heterocycles. The number of nitrogens with zero attached hydrogens (tertiary/aromatic N) is 1. The Bertz CT molecular complexity index is 506. The second-order valence-corrected chi connectivity index (χ2v) is 3.57. The lowest BCUT2D eigenvalue weighted by molar-refractivity contribution is -0.388. The molecule has 0 saturated carbocycles. The minimum Gasteiger partial charge on any atom is -0.400 e. The number of alkyl halides is 3. The van der Waals surface area contributed by atoms with E-state index in [1.807, 2.05) is 0 Å². The number of hydrogen-bond acceptors (Lipinski definition) is 5. The molecule has 0 atom stereocenters. The van der Waals surface area contributed by atoms with Gasteiger partial charge < -0.3 is 16.2 Å². The van der Waals surface area contributed by atoms with Crippen molar-refractivity contribution in [3.63, 3.8) is 0 Å². The third-order valence-electron chi connectivity index (χ3n) is 2.15. The highest BCUT2D eigenvalue weighted by atomic mass is 19.4. The van der Waals surface area contributed by atoms with E-state index in [-0.39, 0.29) is 18.7 Å². The summed E-state index contributed by atoms with van der Waals surface area (Å²) >= 11 is 0. The van der Waals surface area contributed by atoms with E-state index in [1.165, 1.54) is 0 Å². The van der Waals surface area contributed by atoms with E-state index in [4.69, 9.17) is 10.8 Å². The third kappa shape index (κ3) is 5.75. The summed E-state index contributed by atoms with van der Waals surface area (Å²) in [5.74, 6) is -0.565. The maximum Gasteiger partial charge on any atom is 0.423 e. The van der Waals surface area contributed by atoms with Crippen LogP contribution in [0.25, 0.3) is 0 Å². The average Bonchev–Trinajstić information content (AvgIpc) is 2.40. The molecule has 1 amide bonds. The van der Waals surface area contributed by atoms with E-state index in [2.05, 4.69) is 5.32 Å².